The number of fused-ring (bicyclic) bond motifs is 1. The van der Waals surface area contributed by atoms with Crippen molar-refractivity contribution in [2.45, 2.75) is 43.6 Å². The van der Waals surface area contributed by atoms with Gasteiger partial charge in [0.2, 0.25) is 0 Å². The summed E-state index contributed by atoms with van der Waals surface area (Å²) >= 11 is 0. The van der Waals surface area contributed by atoms with E-state index in [4.69, 9.17) is 9.47 Å². The van der Waals surface area contributed by atoms with E-state index in [9.17, 15) is 10.2 Å². The molecule has 1 aliphatic carbocycles. The van der Waals surface area contributed by atoms with Crippen molar-refractivity contribution in [2.24, 2.45) is 5.92 Å². The number of nitrogens with one attached hydrogen (secondary N) is 1. The Morgan fingerprint density at radius 3 is 1.85 bits per heavy atom. The minimum Gasteiger partial charge on any atom is -0.396 e. The molecule has 2 aromatic rings. The molecule has 0 aromatic heterocycles. The maximum Gasteiger partial charge on any atom is 0.112 e. The average molecular weight is 355 g/mol. The lowest BCUT2D eigenvalue weighted by atomic mass is 9.83. The van der Waals surface area contributed by atoms with E-state index < -0.39 is 12.2 Å². The number of benzene rings is 2. The van der Waals surface area contributed by atoms with Gasteiger partial charge in [-0.15, -0.1) is 0 Å². The lowest BCUT2D eigenvalue weighted by Crippen LogP contribution is -2.54. The molecule has 4 rings (SSSR count). The number of aliphatic hydroxyl groups is 2. The van der Waals surface area contributed by atoms with Crippen LogP contribution in [0.3, 0.4) is 0 Å². The van der Waals surface area contributed by atoms with Crippen molar-refractivity contribution in [1.29, 1.82) is 0 Å². The van der Waals surface area contributed by atoms with E-state index in [1.807, 2.05) is 60.7 Å². The molecule has 1 saturated heterocycles. The van der Waals surface area contributed by atoms with Gasteiger partial charge in [-0.05, 0) is 11.1 Å². The second-order valence-corrected chi connectivity index (χ2v) is 7.08. The fourth-order valence-electron chi connectivity index (χ4n) is 3.86. The Balaban J connectivity index is 1.46. The summed E-state index contributed by atoms with van der Waals surface area (Å²) in [5.41, 5.74) is 2.14. The van der Waals surface area contributed by atoms with E-state index in [-0.39, 0.29) is 30.7 Å². The number of rotatable bonds is 7. The van der Waals surface area contributed by atoms with Crippen molar-refractivity contribution in [1.82, 2.24) is 5.32 Å². The van der Waals surface area contributed by atoms with Crippen LogP contribution in [0.5, 0.6) is 0 Å². The first-order valence-electron chi connectivity index (χ1n) is 9.14. The number of hydrogen-bond acceptors (Lipinski definition) is 5. The number of hydrogen-bond donors (Lipinski definition) is 3. The van der Waals surface area contributed by atoms with E-state index in [1.54, 1.807) is 0 Å². The Labute approximate surface area is 153 Å². The molecule has 3 N–H and O–H groups in total. The van der Waals surface area contributed by atoms with Gasteiger partial charge < -0.3 is 25.0 Å². The van der Waals surface area contributed by atoms with Crippen LogP contribution in [0.15, 0.2) is 60.7 Å². The number of ether oxygens (including phenoxy) is 2. The van der Waals surface area contributed by atoms with Crippen LogP contribution in [0.25, 0.3) is 0 Å². The van der Waals surface area contributed by atoms with Crippen LogP contribution in [0.4, 0.5) is 0 Å². The third kappa shape index (κ3) is 3.68. The van der Waals surface area contributed by atoms with E-state index in [0.29, 0.717) is 13.2 Å². The zero-order chi connectivity index (χ0) is 17.9. The molecule has 26 heavy (non-hydrogen) atoms. The third-order valence-electron chi connectivity index (χ3n) is 5.36. The first-order chi connectivity index (χ1) is 12.8. The molecule has 0 bridgehead atoms. The van der Waals surface area contributed by atoms with Gasteiger partial charge in [-0.1, -0.05) is 60.7 Å². The van der Waals surface area contributed by atoms with Crippen molar-refractivity contribution in [3.05, 3.63) is 71.8 Å². The molecular weight excluding hydrogens is 330 g/mol. The van der Waals surface area contributed by atoms with Crippen LogP contribution in [-0.2, 0) is 22.7 Å². The molecule has 2 aliphatic rings. The third-order valence-corrected chi connectivity index (χ3v) is 5.36. The van der Waals surface area contributed by atoms with Crippen LogP contribution in [0.2, 0.25) is 0 Å². The highest BCUT2D eigenvalue weighted by atomic mass is 16.6. The Morgan fingerprint density at radius 1 is 0.769 bits per heavy atom. The fraction of sp³-hybridized carbons (Fsp3) is 0.429. The highest BCUT2D eigenvalue weighted by Crippen LogP contribution is 2.38. The van der Waals surface area contributed by atoms with Crippen molar-refractivity contribution < 1.29 is 19.7 Å². The zero-order valence-electron chi connectivity index (χ0n) is 14.6. The SMILES string of the molecule is OC[C@@H]1[C@@H](O)[C@H](OCc2ccccc2)[C@@H](OCc2ccccc2)[C@@H]2N[C@H]12. The molecule has 5 nitrogen and oxygen atoms in total. The van der Waals surface area contributed by atoms with Gasteiger partial charge in [-0.2, -0.15) is 0 Å². The molecule has 138 valence electrons. The Morgan fingerprint density at radius 2 is 1.31 bits per heavy atom. The Bertz CT molecular complexity index is 696. The minimum atomic E-state index is -0.763. The largest absolute Gasteiger partial charge is 0.396 e. The van der Waals surface area contributed by atoms with E-state index in [1.165, 1.54) is 0 Å². The Kier molecular flexibility index (Phi) is 5.33. The standard InChI is InChI=1S/C21H25NO4/c23-11-16-17-18(22-17)20(25-12-14-7-3-1-4-8-14)21(19(16)24)26-13-15-9-5-2-6-10-15/h1-10,16-24H,11-13H2/t16-,17+,18+,19+,20-,21-/m0/s1. The van der Waals surface area contributed by atoms with E-state index in [2.05, 4.69) is 5.32 Å². The van der Waals surface area contributed by atoms with Gasteiger partial charge in [-0.3, -0.25) is 0 Å². The van der Waals surface area contributed by atoms with Crippen molar-refractivity contribution >= 4 is 0 Å². The second-order valence-electron chi connectivity index (χ2n) is 7.08. The first kappa shape index (κ1) is 17.6. The molecule has 1 saturated carbocycles. The molecule has 0 radical (unpaired) electrons. The fourth-order valence-corrected chi connectivity index (χ4v) is 3.86. The molecule has 6 atom stereocenters. The molecule has 1 aliphatic heterocycles. The summed E-state index contributed by atoms with van der Waals surface area (Å²) < 4.78 is 12.2. The van der Waals surface area contributed by atoms with Crippen LogP contribution in [0.1, 0.15) is 11.1 Å². The van der Waals surface area contributed by atoms with Crippen LogP contribution < -0.4 is 5.32 Å². The zero-order valence-corrected chi connectivity index (χ0v) is 14.6. The van der Waals surface area contributed by atoms with E-state index in [0.717, 1.165) is 11.1 Å². The first-order valence-corrected chi connectivity index (χ1v) is 9.14. The minimum absolute atomic E-state index is 0.0636. The van der Waals surface area contributed by atoms with Gasteiger partial charge in [0.1, 0.15) is 12.2 Å². The summed E-state index contributed by atoms with van der Waals surface area (Å²) in [6.45, 7) is 0.813. The van der Waals surface area contributed by atoms with Crippen LogP contribution >= 0.6 is 0 Å². The van der Waals surface area contributed by atoms with Gasteiger partial charge in [0, 0.05) is 12.0 Å². The van der Waals surface area contributed by atoms with Crippen LogP contribution in [-0.4, -0.2) is 47.2 Å². The monoisotopic (exact) mass is 355 g/mol. The van der Waals surface area contributed by atoms with Crippen molar-refractivity contribution in [2.75, 3.05) is 6.61 Å². The van der Waals surface area contributed by atoms with Gasteiger partial charge >= 0.3 is 0 Å². The maximum absolute atomic E-state index is 10.8. The molecule has 0 unspecified atom stereocenters. The summed E-state index contributed by atoms with van der Waals surface area (Å²) in [5.74, 6) is -0.225. The van der Waals surface area contributed by atoms with Crippen molar-refractivity contribution in [3.63, 3.8) is 0 Å². The average Bonchev–Trinajstić information content (AvgIpc) is 3.47. The summed E-state index contributed by atoms with van der Waals surface area (Å²) in [5, 5.41) is 23.8. The molecular formula is C21H25NO4. The Hall–Kier alpha value is -1.76. The maximum atomic E-state index is 10.8. The quantitative estimate of drug-likeness (QED) is 0.656. The van der Waals surface area contributed by atoms with Crippen molar-refractivity contribution in [3.8, 4) is 0 Å². The molecule has 5 heteroatoms. The predicted octanol–water partition coefficient (Wildman–Crippen LogP) is 1.48. The molecule has 0 amide bonds. The predicted molar refractivity (Wildman–Crippen MR) is 97.3 cm³/mol. The molecule has 1 heterocycles. The van der Waals surface area contributed by atoms with E-state index >= 15 is 0 Å². The highest BCUT2D eigenvalue weighted by Gasteiger charge is 2.59. The van der Waals surface area contributed by atoms with Gasteiger partial charge in [-0.25, -0.2) is 0 Å². The van der Waals surface area contributed by atoms with Crippen LogP contribution in [0, 0.1) is 5.92 Å². The summed E-state index contributed by atoms with van der Waals surface area (Å²) in [6, 6.07) is 20.1. The lowest BCUT2D eigenvalue weighted by molar-refractivity contribution is -0.161. The smallest absolute Gasteiger partial charge is 0.112 e. The highest BCUT2D eigenvalue weighted by molar-refractivity contribution is 5.18. The normalized spacial score (nSPS) is 32.8. The van der Waals surface area contributed by atoms with Gasteiger partial charge in [0.15, 0.2) is 0 Å². The second kappa shape index (κ2) is 7.86. The summed E-state index contributed by atoms with van der Waals surface area (Å²) in [4.78, 5) is 0. The van der Waals surface area contributed by atoms with Gasteiger partial charge in [0.05, 0.1) is 32.0 Å². The molecule has 2 fully saturated rings. The molecule has 2 aromatic carbocycles. The van der Waals surface area contributed by atoms with Gasteiger partial charge in [0.25, 0.3) is 0 Å². The summed E-state index contributed by atoms with van der Waals surface area (Å²) in [6.07, 6.45) is -1.49. The molecule has 0 spiro atoms. The topological polar surface area (TPSA) is 80.9 Å². The lowest BCUT2D eigenvalue weighted by Gasteiger charge is -2.38. The number of aliphatic hydroxyl groups excluding tert-OH is 2. The summed E-state index contributed by atoms with van der Waals surface area (Å²) in [7, 11) is 0.